The second kappa shape index (κ2) is 6.21. The third-order valence-electron chi connectivity index (χ3n) is 3.75. The van der Waals surface area contributed by atoms with Crippen LogP contribution in [0.3, 0.4) is 0 Å². The Balaban J connectivity index is 2.22. The lowest BCUT2D eigenvalue weighted by Crippen LogP contribution is -2.34. The predicted octanol–water partition coefficient (Wildman–Crippen LogP) is 2.75. The number of aliphatic hydroxyl groups excluding tert-OH is 1. The third kappa shape index (κ3) is 2.85. The fourth-order valence-electron chi connectivity index (χ4n) is 2.66. The van der Waals surface area contributed by atoms with E-state index in [-0.39, 0.29) is 6.10 Å². The quantitative estimate of drug-likeness (QED) is 0.890. The zero-order chi connectivity index (χ0) is 13.0. The summed E-state index contributed by atoms with van der Waals surface area (Å²) in [5.74, 6) is 0. The maximum absolute atomic E-state index is 10.2. The zero-order valence-electron chi connectivity index (χ0n) is 11.3. The first-order valence-corrected chi connectivity index (χ1v) is 6.76. The largest absolute Gasteiger partial charge is 0.388 e. The second-order valence-corrected chi connectivity index (χ2v) is 5.04. The molecule has 0 aromatic heterocycles. The molecule has 0 amide bonds. The van der Waals surface area contributed by atoms with Crippen LogP contribution in [0.4, 0.5) is 5.69 Å². The molecule has 2 rings (SSSR count). The van der Waals surface area contributed by atoms with Gasteiger partial charge in [0.1, 0.15) is 0 Å². The minimum atomic E-state index is -0.319. The molecule has 3 nitrogen and oxygen atoms in total. The molecule has 0 spiro atoms. The number of methoxy groups -OCH3 is 1. The summed E-state index contributed by atoms with van der Waals surface area (Å²) in [6.45, 7) is 4.02. The van der Waals surface area contributed by atoms with Gasteiger partial charge < -0.3 is 14.7 Å². The van der Waals surface area contributed by atoms with Crippen molar-refractivity contribution in [2.75, 3.05) is 25.2 Å². The van der Waals surface area contributed by atoms with Crippen molar-refractivity contribution in [2.24, 2.45) is 0 Å². The standard InChI is InChI=1S/C15H23NO2/c1-12(9-11-18-2)16-10-5-8-15(17)13-6-3-4-7-14(13)16/h3-4,6-7,12,15,17H,5,8-11H2,1-2H3. The second-order valence-electron chi connectivity index (χ2n) is 5.04. The van der Waals surface area contributed by atoms with E-state index in [4.69, 9.17) is 4.74 Å². The smallest absolute Gasteiger partial charge is 0.0810 e. The van der Waals surface area contributed by atoms with Gasteiger partial charge in [0.15, 0.2) is 0 Å². The van der Waals surface area contributed by atoms with E-state index in [9.17, 15) is 5.11 Å². The number of hydrogen-bond acceptors (Lipinski definition) is 3. The molecule has 1 aromatic carbocycles. The molecule has 18 heavy (non-hydrogen) atoms. The maximum atomic E-state index is 10.2. The fourth-order valence-corrected chi connectivity index (χ4v) is 2.66. The van der Waals surface area contributed by atoms with Crippen molar-refractivity contribution in [2.45, 2.75) is 38.3 Å². The first kappa shape index (κ1) is 13.4. The van der Waals surface area contributed by atoms with Crippen molar-refractivity contribution < 1.29 is 9.84 Å². The molecule has 3 heteroatoms. The van der Waals surface area contributed by atoms with Crippen LogP contribution in [0.5, 0.6) is 0 Å². The first-order chi connectivity index (χ1) is 8.74. The Morgan fingerprint density at radius 3 is 3.00 bits per heavy atom. The highest BCUT2D eigenvalue weighted by molar-refractivity contribution is 5.56. The van der Waals surface area contributed by atoms with Crippen molar-refractivity contribution in [1.82, 2.24) is 0 Å². The van der Waals surface area contributed by atoms with Gasteiger partial charge in [-0.2, -0.15) is 0 Å². The molecule has 0 aliphatic carbocycles. The van der Waals surface area contributed by atoms with Crippen LogP contribution in [-0.2, 0) is 4.74 Å². The summed E-state index contributed by atoms with van der Waals surface area (Å²) in [6.07, 6.45) is 2.58. The lowest BCUT2D eigenvalue weighted by Gasteiger charge is -2.31. The fraction of sp³-hybridized carbons (Fsp3) is 0.600. The molecule has 0 fully saturated rings. The van der Waals surface area contributed by atoms with Crippen molar-refractivity contribution in [1.29, 1.82) is 0 Å². The molecule has 1 N–H and O–H groups in total. The van der Waals surface area contributed by atoms with E-state index >= 15 is 0 Å². The molecule has 0 saturated carbocycles. The summed E-state index contributed by atoms with van der Waals surface area (Å²) in [6, 6.07) is 8.66. The summed E-state index contributed by atoms with van der Waals surface area (Å²) in [5, 5.41) is 10.2. The molecule has 100 valence electrons. The lowest BCUT2D eigenvalue weighted by atomic mass is 10.0. The van der Waals surface area contributed by atoms with Gasteiger partial charge in [-0.15, -0.1) is 0 Å². The van der Waals surface area contributed by atoms with Crippen LogP contribution < -0.4 is 4.90 Å². The third-order valence-corrected chi connectivity index (χ3v) is 3.75. The first-order valence-electron chi connectivity index (χ1n) is 6.76. The summed E-state index contributed by atoms with van der Waals surface area (Å²) in [4.78, 5) is 2.41. The van der Waals surface area contributed by atoms with Gasteiger partial charge in [0, 0.05) is 37.6 Å². The van der Waals surface area contributed by atoms with Gasteiger partial charge in [0.05, 0.1) is 6.10 Å². The van der Waals surface area contributed by atoms with Crippen LogP contribution in [0.15, 0.2) is 24.3 Å². The molecule has 1 aromatic rings. The van der Waals surface area contributed by atoms with Gasteiger partial charge in [-0.25, -0.2) is 0 Å². The average Bonchev–Trinajstić information content (AvgIpc) is 2.56. The summed E-state index contributed by atoms with van der Waals surface area (Å²) < 4.78 is 5.17. The molecule has 1 aliphatic rings. The number of fused-ring (bicyclic) bond motifs is 1. The van der Waals surface area contributed by atoms with Crippen molar-refractivity contribution in [3.05, 3.63) is 29.8 Å². The number of anilines is 1. The van der Waals surface area contributed by atoms with Crippen LogP contribution in [-0.4, -0.2) is 31.4 Å². The Morgan fingerprint density at radius 2 is 2.22 bits per heavy atom. The van der Waals surface area contributed by atoms with Crippen molar-refractivity contribution >= 4 is 5.69 Å². The van der Waals surface area contributed by atoms with Crippen LogP contribution in [0, 0.1) is 0 Å². The summed E-state index contributed by atoms with van der Waals surface area (Å²) in [7, 11) is 1.74. The molecule has 2 atom stereocenters. The van der Waals surface area contributed by atoms with Gasteiger partial charge in [-0.3, -0.25) is 0 Å². The molecule has 0 saturated heterocycles. The van der Waals surface area contributed by atoms with Gasteiger partial charge >= 0.3 is 0 Å². The zero-order valence-corrected chi connectivity index (χ0v) is 11.3. The molecule has 1 aliphatic heterocycles. The minimum absolute atomic E-state index is 0.319. The Kier molecular flexibility index (Phi) is 4.61. The van der Waals surface area contributed by atoms with E-state index in [1.807, 2.05) is 18.2 Å². The van der Waals surface area contributed by atoms with Crippen LogP contribution in [0.1, 0.15) is 37.9 Å². The topological polar surface area (TPSA) is 32.7 Å². The van der Waals surface area contributed by atoms with Crippen LogP contribution in [0.25, 0.3) is 0 Å². The van der Waals surface area contributed by atoms with Gasteiger partial charge in [0.2, 0.25) is 0 Å². The SMILES string of the molecule is COCCC(C)N1CCCC(O)c2ccccc21. The predicted molar refractivity (Wildman–Crippen MR) is 73.9 cm³/mol. The molecule has 0 radical (unpaired) electrons. The van der Waals surface area contributed by atoms with Crippen LogP contribution in [0.2, 0.25) is 0 Å². The Bertz CT molecular complexity index is 381. The molecule has 2 unspecified atom stereocenters. The van der Waals surface area contributed by atoms with Gasteiger partial charge in [-0.1, -0.05) is 18.2 Å². The number of benzene rings is 1. The highest BCUT2D eigenvalue weighted by Crippen LogP contribution is 2.34. The molecule has 1 heterocycles. The van der Waals surface area contributed by atoms with E-state index in [1.54, 1.807) is 7.11 Å². The minimum Gasteiger partial charge on any atom is -0.388 e. The summed E-state index contributed by atoms with van der Waals surface area (Å²) in [5.41, 5.74) is 2.25. The van der Waals surface area contributed by atoms with Crippen molar-refractivity contribution in [3.63, 3.8) is 0 Å². The number of ether oxygens (including phenoxy) is 1. The molecular formula is C15H23NO2. The number of hydrogen-bond donors (Lipinski definition) is 1. The summed E-state index contributed by atoms with van der Waals surface area (Å²) >= 11 is 0. The van der Waals surface area contributed by atoms with E-state index < -0.39 is 0 Å². The Labute approximate surface area is 109 Å². The number of nitrogens with zero attached hydrogens (tertiary/aromatic N) is 1. The Morgan fingerprint density at radius 1 is 1.44 bits per heavy atom. The van der Waals surface area contributed by atoms with E-state index in [2.05, 4.69) is 17.9 Å². The number of rotatable bonds is 4. The van der Waals surface area contributed by atoms with Crippen LogP contribution >= 0.6 is 0 Å². The number of aliphatic hydroxyl groups is 1. The highest BCUT2D eigenvalue weighted by atomic mass is 16.5. The van der Waals surface area contributed by atoms with E-state index in [0.29, 0.717) is 6.04 Å². The average molecular weight is 249 g/mol. The van der Waals surface area contributed by atoms with E-state index in [1.165, 1.54) is 5.69 Å². The van der Waals surface area contributed by atoms with Gasteiger partial charge in [-0.05, 0) is 32.3 Å². The van der Waals surface area contributed by atoms with Crippen molar-refractivity contribution in [3.8, 4) is 0 Å². The molecule has 0 bridgehead atoms. The van der Waals surface area contributed by atoms with Gasteiger partial charge in [0.25, 0.3) is 0 Å². The lowest BCUT2D eigenvalue weighted by molar-refractivity contribution is 0.168. The normalized spacial score (nSPS) is 21.3. The number of para-hydroxylation sites is 1. The Hall–Kier alpha value is -1.06. The molecular weight excluding hydrogens is 226 g/mol. The monoisotopic (exact) mass is 249 g/mol. The maximum Gasteiger partial charge on any atom is 0.0810 e. The van der Waals surface area contributed by atoms with E-state index in [0.717, 1.165) is 38.0 Å². The highest BCUT2D eigenvalue weighted by Gasteiger charge is 2.23.